The molecule has 0 aliphatic carbocycles. The predicted molar refractivity (Wildman–Crippen MR) is 116 cm³/mol. The number of amides is 1. The van der Waals surface area contributed by atoms with E-state index in [1.807, 2.05) is 6.92 Å². The number of hydrogen-bond acceptors (Lipinski definition) is 7. The standard InChI is InChI=1S/C18H28N6O3S2/c1-6-19-15-10-9-14(29(26,27)24(7-2)8-3)11-16(15)21-17(25)13(4)28-18-22-20-12-23(18)5/h9-13,19H,6-8H2,1-5H3,(H,21,25)/t13-/m0/s1. The zero-order chi connectivity index (χ0) is 21.6. The van der Waals surface area contributed by atoms with Crippen molar-refractivity contribution in [1.82, 2.24) is 19.1 Å². The number of sulfonamides is 1. The molecule has 0 radical (unpaired) electrons. The number of carbonyl (C=O) groups excluding carboxylic acids is 1. The SMILES string of the molecule is CCNc1ccc(S(=O)(=O)N(CC)CC)cc1NC(=O)[C@H](C)Sc1nncn1C. The molecule has 1 heterocycles. The van der Waals surface area contributed by atoms with Crippen LogP contribution < -0.4 is 10.6 Å². The number of aryl methyl sites for hydroxylation is 1. The van der Waals surface area contributed by atoms with Crippen molar-refractivity contribution in [2.24, 2.45) is 7.05 Å². The first-order valence-electron chi connectivity index (χ1n) is 9.44. The minimum Gasteiger partial charge on any atom is -0.384 e. The lowest BCUT2D eigenvalue weighted by atomic mass is 10.2. The molecule has 0 saturated carbocycles. The molecule has 0 bridgehead atoms. The van der Waals surface area contributed by atoms with E-state index in [-0.39, 0.29) is 10.8 Å². The first kappa shape index (κ1) is 23.2. The van der Waals surface area contributed by atoms with Crippen LogP contribution in [0.25, 0.3) is 0 Å². The fourth-order valence-electron chi connectivity index (χ4n) is 2.67. The van der Waals surface area contributed by atoms with Crippen molar-refractivity contribution in [1.29, 1.82) is 0 Å². The van der Waals surface area contributed by atoms with E-state index in [9.17, 15) is 13.2 Å². The molecule has 160 valence electrons. The van der Waals surface area contributed by atoms with Gasteiger partial charge in [-0.1, -0.05) is 25.6 Å². The molecule has 29 heavy (non-hydrogen) atoms. The summed E-state index contributed by atoms with van der Waals surface area (Å²) in [5.41, 5.74) is 1.09. The van der Waals surface area contributed by atoms with Gasteiger partial charge >= 0.3 is 0 Å². The summed E-state index contributed by atoms with van der Waals surface area (Å²) in [5.74, 6) is -0.255. The Morgan fingerprint density at radius 2 is 1.93 bits per heavy atom. The smallest absolute Gasteiger partial charge is 0.243 e. The van der Waals surface area contributed by atoms with Crippen LogP contribution in [-0.4, -0.2) is 58.3 Å². The largest absolute Gasteiger partial charge is 0.384 e. The van der Waals surface area contributed by atoms with Crippen molar-refractivity contribution in [3.63, 3.8) is 0 Å². The Morgan fingerprint density at radius 1 is 1.24 bits per heavy atom. The van der Waals surface area contributed by atoms with Gasteiger partial charge in [0.1, 0.15) is 6.33 Å². The highest BCUT2D eigenvalue weighted by molar-refractivity contribution is 8.00. The minimum atomic E-state index is -3.63. The number of anilines is 2. The van der Waals surface area contributed by atoms with Gasteiger partial charge in [-0.25, -0.2) is 8.42 Å². The molecule has 0 aliphatic heterocycles. The minimum absolute atomic E-state index is 0.145. The van der Waals surface area contributed by atoms with E-state index in [0.29, 0.717) is 36.2 Å². The molecule has 2 N–H and O–H groups in total. The van der Waals surface area contributed by atoms with Crippen LogP contribution in [0.15, 0.2) is 34.6 Å². The molecule has 1 amide bonds. The van der Waals surface area contributed by atoms with Gasteiger partial charge in [-0.15, -0.1) is 10.2 Å². The number of nitrogens with zero attached hydrogens (tertiary/aromatic N) is 4. The fourth-order valence-corrected chi connectivity index (χ4v) is 4.94. The van der Waals surface area contributed by atoms with Gasteiger partial charge in [0, 0.05) is 26.7 Å². The van der Waals surface area contributed by atoms with Crippen LogP contribution in [0, 0.1) is 0 Å². The van der Waals surface area contributed by atoms with Crippen molar-refractivity contribution < 1.29 is 13.2 Å². The Labute approximate surface area is 176 Å². The molecular weight excluding hydrogens is 412 g/mol. The Hall–Kier alpha value is -2.11. The molecule has 9 nitrogen and oxygen atoms in total. The van der Waals surface area contributed by atoms with E-state index < -0.39 is 15.3 Å². The molecule has 2 aromatic rings. The number of nitrogens with one attached hydrogen (secondary N) is 2. The van der Waals surface area contributed by atoms with Gasteiger partial charge in [-0.2, -0.15) is 4.31 Å². The first-order valence-corrected chi connectivity index (χ1v) is 11.8. The van der Waals surface area contributed by atoms with Crippen molar-refractivity contribution in [3.05, 3.63) is 24.5 Å². The zero-order valence-corrected chi connectivity index (χ0v) is 19.0. The van der Waals surface area contributed by atoms with Crippen LogP contribution in [0.5, 0.6) is 0 Å². The lowest BCUT2D eigenvalue weighted by molar-refractivity contribution is -0.115. The summed E-state index contributed by atoms with van der Waals surface area (Å²) in [6, 6.07) is 4.73. The Bertz CT molecular complexity index is 941. The summed E-state index contributed by atoms with van der Waals surface area (Å²) in [6.07, 6.45) is 1.57. The van der Waals surface area contributed by atoms with E-state index in [0.717, 1.165) is 0 Å². The number of thioether (sulfide) groups is 1. The monoisotopic (exact) mass is 440 g/mol. The van der Waals surface area contributed by atoms with Crippen LogP contribution in [0.1, 0.15) is 27.7 Å². The van der Waals surface area contributed by atoms with Gasteiger partial charge in [-0.3, -0.25) is 4.79 Å². The number of hydrogen-bond donors (Lipinski definition) is 2. The number of rotatable bonds is 10. The molecule has 11 heteroatoms. The number of carbonyl (C=O) groups is 1. The Morgan fingerprint density at radius 3 is 2.48 bits per heavy atom. The van der Waals surface area contributed by atoms with Crippen LogP contribution in [0.4, 0.5) is 11.4 Å². The molecule has 0 fully saturated rings. The van der Waals surface area contributed by atoms with E-state index in [2.05, 4.69) is 20.8 Å². The van der Waals surface area contributed by atoms with Crippen LogP contribution >= 0.6 is 11.8 Å². The maximum absolute atomic E-state index is 12.9. The molecule has 2 rings (SSSR count). The summed E-state index contributed by atoms with van der Waals surface area (Å²) in [5, 5.41) is 14.0. The van der Waals surface area contributed by atoms with Crippen molar-refractivity contribution in [3.8, 4) is 0 Å². The third-order valence-corrected chi connectivity index (χ3v) is 7.47. The normalized spacial score (nSPS) is 12.8. The summed E-state index contributed by atoms with van der Waals surface area (Å²) < 4.78 is 28.8. The fraction of sp³-hybridized carbons (Fsp3) is 0.500. The van der Waals surface area contributed by atoms with E-state index >= 15 is 0 Å². The maximum Gasteiger partial charge on any atom is 0.243 e. The van der Waals surface area contributed by atoms with Gasteiger partial charge in [0.25, 0.3) is 0 Å². The van der Waals surface area contributed by atoms with Gasteiger partial charge < -0.3 is 15.2 Å². The summed E-state index contributed by atoms with van der Waals surface area (Å²) in [7, 11) is -1.83. The second-order valence-electron chi connectivity index (χ2n) is 6.30. The van der Waals surface area contributed by atoms with Gasteiger partial charge in [0.2, 0.25) is 15.9 Å². The Kier molecular flexibility index (Phi) is 8.05. The van der Waals surface area contributed by atoms with Gasteiger partial charge in [-0.05, 0) is 32.0 Å². The van der Waals surface area contributed by atoms with Crippen LogP contribution in [-0.2, 0) is 21.9 Å². The number of benzene rings is 1. The predicted octanol–water partition coefficient (Wildman–Crippen LogP) is 2.40. The van der Waals surface area contributed by atoms with Crippen molar-refractivity contribution in [2.75, 3.05) is 30.3 Å². The third-order valence-electron chi connectivity index (χ3n) is 4.28. The molecule has 0 spiro atoms. The molecule has 0 unspecified atom stereocenters. The summed E-state index contributed by atoms with van der Waals surface area (Å²) >= 11 is 1.28. The first-order chi connectivity index (χ1) is 13.7. The highest BCUT2D eigenvalue weighted by Crippen LogP contribution is 2.29. The molecule has 1 aromatic carbocycles. The molecule has 0 aliphatic rings. The molecule has 1 aromatic heterocycles. The average molecular weight is 441 g/mol. The molecule has 1 atom stereocenters. The van der Waals surface area contributed by atoms with Crippen molar-refractivity contribution in [2.45, 2.75) is 43.0 Å². The van der Waals surface area contributed by atoms with E-state index in [1.165, 1.54) is 22.1 Å². The molecule has 0 saturated heterocycles. The lowest BCUT2D eigenvalue weighted by Crippen LogP contribution is -2.31. The highest BCUT2D eigenvalue weighted by Gasteiger charge is 2.24. The second kappa shape index (κ2) is 10.1. The van der Waals surface area contributed by atoms with Gasteiger partial charge in [0.05, 0.1) is 21.5 Å². The average Bonchev–Trinajstić information content (AvgIpc) is 3.08. The quantitative estimate of drug-likeness (QED) is 0.546. The van der Waals surface area contributed by atoms with E-state index in [1.54, 1.807) is 50.8 Å². The topological polar surface area (TPSA) is 109 Å². The second-order valence-corrected chi connectivity index (χ2v) is 9.55. The summed E-state index contributed by atoms with van der Waals surface area (Å²) in [6.45, 7) is 8.66. The van der Waals surface area contributed by atoms with Gasteiger partial charge in [0.15, 0.2) is 5.16 Å². The van der Waals surface area contributed by atoms with Crippen molar-refractivity contribution >= 4 is 39.1 Å². The highest BCUT2D eigenvalue weighted by atomic mass is 32.2. The van der Waals surface area contributed by atoms with Crippen LogP contribution in [0.2, 0.25) is 0 Å². The lowest BCUT2D eigenvalue weighted by Gasteiger charge is -2.20. The van der Waals surface area contributed by atoms with E-state index in [4.69, 9.17) is 0 Å². The van der Waals surface area contributed by atoms with Crippen LogP contribution in [0.3, 0.4) is 0 Å². The maximum atomic E-state index is 12.9. The number of aromatic nitrogens is 3. The molecular formula is C18H28N6O3S2. The summed E-state index contributed by atoms with van der Waals surface area (Å²) in [4.78, 5) is 12.9. The Balaban J connectivity index is 2.29. The zero-order valence-electron chi connectivity index (χ0n) is 17.3. The third kappa shape index (κ3) is 5.49.